The Morgan fingerprint density at radius 1 is 1.11 bits per heavy atom. The first kappa shape index (κ1) is 24.1. The summed E-state index contributed by atoms with van der Waals surface area (Å²) in [6.07, 6.45) is -1.62. The Morgan fingerprint density at radius 2 is 1.86 bits per heavy atom. The summed E-state index contributed by atoms with van der Waals surface area (Å²) in [4.78, 5) is 11.6. The van der Waals surface area contributed by atoms with E-state index in [1.165, 1.54) is 0 Å². The van der Waals surface area contributed by atoms with E-state index in [-0.39, 0.29) is 17.3 Å². The van der Waals surface area contributed by atoms with Gasteiger partial charge in [-0.1, -0.05) is 11.6 Å². The van der Waals surface area contributed by atoms with Gasteiger partial charge in [0.25, 0.3) is 0 Å². The number of halogens is 4. The Balaban J connectivity index is 1.23. The zero-order chi connectivity index (χ0) is 26.2. The van der Waals surface area contributed by atoms with Crippen molar-refractivity contribution in [1.29, 1.82) is 5.26 Å². The van der Waals surface area contributed by atoms with Gasteiger partial charge in [0.1, 0.15) is 17.1 Å². The van der Waals surface area contributed by atoms with Crippen LogP contribution in [0.5, 0.6) is 0 Å². The SMILES string of the molecule is CC(C)(C#N)N1Cc2cc(Cl)ccc2-n2c(nnc2C2CC3(C2)CN(c2nccc(C(F)(F)F)n2)C3)C1. The molecule has 0 N–H and O–H groups in total. The highest BCUT2D eigenvalue weighted by Crippen LogP contribution is 2.56. The third kappa shape index (κ3) is 4.03. The molecule has 2 fully saturated rings. The molecule has 1 aromatic carbocycles. The van der Waals surface area contributed by atoms with Crippen molar-refractivity contribution in [2.24, 2.45) is 5.41 Å². The van der Waals surface area contributed by atoms with Crippen molar-refractivity contribution in [3.05, 3.63) is 58.4 Å². The Kier molecular flexibility index (Phi) is 5.30. The fourth-order valence-electron chi connectivity index (χ4n) is 5.75. The van der Waals surface area contributed by atoms with Gasteiger partial charge in [0.15, 0.2) is 5.82 Å². The smallest absolute Gasteiger partial charge is 0.340 e. The second-order valence-corrected chi connectivity index (χ2v) is 11.2. The molecule has 1 saturated carbocycles. The molecular weight excluding hydrogens is 505 g/mol. The van der Waals surface area contributed by atoms with E-state index in [0.29, 0.717) is 31.2 Å². The molecule has 2 aliphatic heterocycles. The topological polar surface area (TPSA) is 86.8 Å². The Labute approximate surface area is 216 Å². The molecule has 1 aliphatic carbocycles. The van der Waals surface area contributed by atoms with Crippen LogP contribution in [-0.2, 0) is 19.3 Å². The minimum atomic E-state index is -4.49. The molecule has 4 heterocycles. The summed E-state index contributed by atoms with van der Waals surface area (Å²) in [7, 11) is 0. The molecule has 0 amide bonds. The summed E-state index contributed by atoms with van der Waals surface area (Å²) in [6, 6.07) is 9.02. The normalized spacial score (nSPS) is 19.4. The molecule has 0 bridgehead atoms. The van der Waals surface area contributed by atoms with Crippen LogP contribution in [0.3, 0.4) is 0 Å². The number of hydrogen-bond donors (Lipinski definition) is 0. The van der Waals surface area contributed by atoms with Gasteiger partial charge in [0.05, 0.1) is 18.3 Å². The van der Waals surface area contributed by atoms with Crippen molar-refractivity contribution in [2.75, 3.05) is 18.0 Å². The lowest BCUT2D eigenvalue weighted by Crippen LogP contribution is -2.62. The summed E-state index contributed by atoms with van der Waals surface area (Å²) < 4.78 is 41.2. The van der Waals surface area contributed by atoms with Gasteiger partial charge in [0.2, 0.25) is 5.95 Å². The fraction of sp³-hybridized carbons (Fsp3) is 0.480. The van der Waals surface area contributed by atoms with E-state index in [2.05, 4.69) is 35.7 Å². The second kappa shape index (κ2) is 8.13. The van der Waals surface area contributed by atoms with Gasteiger partial charge in [-0.3, -0.25) is 9.47 Å². The van der Waals surface area contributed by atoms with Crippen molar-refractivity contribution in [3.63, 3.8) is 0 Å². The number of benzene rings is 1. The molecule has 8 nitrogen and oxygen atoms in total. The van der Waals surface area contributed by atoms with Gasteiger partial charge in [0, 0.05) is 42.2 Å². The molecule has 0 unspecified atom stereocenters. The summed E-state index contributed by atoms with van der Waals surface area (Å²) in [6.45, 7) is 6.02. The highest BCUT2D eigenvalue weighted by atomic mass is 35.5. The third-order valence-corrected chi connectivity index (χ3v) is 8.02. The summed E-state index contributed by atoms with van der Waals surface area (Å²) in [5.74, 6) is 1.93. The van der Waals surface area contributed by atoms with E-state index in [4.69, 9.17) is 11.6 Å². The molecule has 192 valence electrons. The molecule has 1 saturated heterocycles. The van der Waals surface area contributed by atoms with Gasteiger partial charge in [-0.2, -0.15) is 18.4 Å². The summed E-state index contributed by atoms with van der Waals surface area (Å²) >= 11 is 6.33. The Bertz CT molecular complexity index is 1410. The van der Waals surface area contributed by atoms with E-state index in [9.17, 15) is 18.4 Å². The Hall–Kier alpha value is -3.23. The van der Waals surface area contributed by atoms with Crippen molar-refractivity contribution in [3.8, 4) is 11.8 Å². The van der Waals surface area contributed by atoms with Crippen LogP contribution in [0.1, 0.15) is 55.5 Å². The summed E-state index contributed by atoms with van der Waals surface area (Å²) in [5.41, 5.74) is 0.341. The van der Waals surface area contributed by atoms with E-state index in [1.54, 1.807) is 4.90 Å². The average molecular weight is 529 g/mol. The molecule has 2 aromatic heterocycles. The van der Waals surface area contributed by atoms with Crippen molar-refractivity contribution in [1.82, 2.24) is 29.6 Å². The predicted octanol–water partition coefficient (Wildman–Crippen LogP) is 4.73. The van der Waals surface area contributed by atoms with Gasteiger partial charge < -0.3 is 4.90 Å². The van der Waals surface area contributed by atoms with Crippen LogP contribution in [0.15, 0.2) is 30.5 Å². The zero-order valence-corrected chi connectivity index (χ0v) is 21.1. The van der Waals surface area contributed by atoms with Crippen LogP contribution < -0.4 is 4.90 Å². The standard InChI is InChI=1S/C25H24ClF3N8/c1-23(2,12-30)36-10-15-7-17(26)3-4-18(15)37-20(11-36)33-34-21(37)16-8-24(9-16)13-35(14-24)22-31-6-5-19(32-22)25(27,28)29/h3-7,16H,8-11,13-14H2,1-2H3. The van der Waals surface area contributed by atoms with Crippen molar-refractivity contribution < 1.29 is 13.2 Å². The largest absolute Gasteiger partial charge is 0.433 e. The van der Waals surface area contributed by atoms with E-state index < -0.39 is 17.4 Å². The van der Waals surface area contributed by atoms with Gasteiger partial charge in [-0.15, -0.1) is 10.2 Å². The van der Waals surface area contributed by atoms with Crippen molar-refractivity contribution >= 4 is 17.5 Å². The highest BCUT2D eigenvalue weighted by Gasteiger charge is 2.55. The predicted molar refractivity (Wildman–Crippen MR) is 129 cm³/mol. The van der Waals surface area contributed by atoms with Crippen LogP contribution >= 0.6 is 11.6 Å². The number of fused-ring (bicyclic) bond motifs is 3. The number of anilines is 1. The lowest BCUT2D eigenvalue weighted by atomic mass is 9.57. The summed E-state index contributed by atoms with van der Waals surface area (Å²) in [5, 5.41) is 19.5. The molecule has 0 radical (unpaired) electrons. The third-order valence-electron chi connectivity index (χ3n) is 7.79. The molecule has 3 aromatic rings. The number of nitriles is 1. The van der Waals surface area contributed by atoms with Gasteiger partial charge in [-0.25, -0.2) is 9.97 Å². The highest BCUT2D eigenvalue weighted by molar-refractivity contribution is 6.30. The number of hydrogen-bond acceptors (Lipinski definition) is 7. The minimum Gasteiger partial charge on any atom is -0.340 e. The zero-order valence-electron chi connectivity index (χ0n) is 20.3. The average Bonchev–Trinajstić information content (AvgIpc) is 3.11. The first-order valence-corrected chi connectivity index (χ1v) is 12.4. The maximum atomic E-state index is 13.0. The number of alkyl halides is 3. The molecule has 3 aliphatic rings. The fourth-order valence-corrected chi connectivity index (χ4v) is 5.94. The minimum absolute atomic E-state index is 0.0110. The lowest BCUT2D eigenvalue weighted by Gasteiger charge is -2.58. The lowest BCUT2D eigenvalue weighted by molar-refractivity contribution is -0.141. The van der Waals surface area contributed by atoms with Crippen LogP contribution in [-0.4, -0.2) is 48.3 Å². The molecule has 6 rings (SSSR count). The number of aromatic nitrogens is 5. The number of nitrogens with zero attached hydrogens (tertiary/aromatic N) is 8. The Morgan fingerprint density at radius 3 is 2.57 bits per heavy atom. The number of rotatable bonds is 3. The first-order valence-electron chi connectivity index (χ1n) is 12.0. The molecule has 0 atom stereocenters. The molecular formula is C25H24ClF3N8. The molecule has 37 heavy (non-hydrogen) atoms. The van der Waals surface area contributed by atoms with E-state index >= 15 is 0 Å². The molecule has 1 spiro atoms. The maximum Gasteiger partial charge on any atom is 0.433 e. The van der Waals surface area contributed by atoms with E-state index in [1.807, 2.05) is 32.0 Å². The van der Waals surface area contributed by atoms with Gasteiger partial charge >= 0.3 is 6.18 Å². The van der Waals surface area contributed by atoms with Crippen LogP contribution in [0.25, 0.3) is 5.69 Å². The van der Waals surface area contributed by atoms with Crippen LogP contribution in [0.4, 0.5) is 19.1 Å². The van der Waals surface area contributed by atoms with E-state index in [0.717, 1.165) is 48.0 Å². The van der Waals surface area contributed by atoms with Crippen molar-refractivity contribution in [2.45, 2.75) is 57.4 Å². The first-order chi connectivity index (χ1) is 17.5. The molecule has 12 heteroatoms. The van der Waals surface area contributed by atoms with Crippen LogP contribution in [0, 0.1) is 16.7 Å². The quantitative estimate of drug-likeness (QED) is 0.485. The van der Waals surface area contributed by atoms with Crippen LogP contribution in [0.2, 0.25) is 5.02 Å². The monoisotopic (exact) mass is 528 g/mol. The second-order valence-electron chi connectivity index (χ2n) is 10.8. The van der Waals surface area contributed by atoms with Gasteiger partial charge in [-0.05, 0) is 56.5 Å². The maximum absolute atomic E-state index is 13.0.